The second-order valence-electron chi connectivity index (χ2n) is 6.40. The first-order valence-electron chi connectivity index (χ1n) is 8.74. The van der Waals surface area contributed by atoms with Crippen LogP contribution in [0.3, 0.4) is 0 Å². The third-order valence-corrected chi connectivity index (χ3v) is 7.74. The summed E-state index contributed by atoms with van der Waals surface area (Å²) in [4.78, 5) is 46.8. The molecular weight excluding hydrogens is 523 g/mol. The molecule has 168 valence electrons. The van der Waals surface area contributed by atoms with Crippen molar-refractivity contribution in [3.8, 4) is 0 Å². The molecule has 2 aliphatic rings. The minimum absolute atomic E-state index is 0. The molecular formula is C17H14ClN6NaO5S3. The summed E-state index contributed by atoms with van der Waals surface area (Å²) in [5.74, 6) is -2.40. The molecule has 0 aromatic carbocycles. The van der Waals surface area contributed by atoms with Crippen LogP contribution in [0.2, 0.25) is 5.15 Å². The third kappa shape index (κ3) is 4.96. The summed E-state index contributed by atoms with van der Waals surface area (Å²) >= 11 is 9.61. The Bertz CT molecular complexity index is 1210. The van der Waals surface area contributed by atoms with Crippen LogP contribution < -0.4 is 11.1 Å². The van der Waals surface area contributed by atoms with Crippen molar-refractivity contribution in [2.75, 3.05) is 11.5 Å². The van der Waals surface area contributed by atoms with E-state index >= 15 is 0 Å². The number of nitrogen functional groups attached to an aromatic ring is 1. The maximum atomic E-state index is 12.7. The van der Waals surface area contributed by atoms with E-state index in [0.717, 1.165) is 16.2 Å². The Morgan fingerprint density at radius 2 is 2.12 bits per heavy atom. The van der Waals surface area contributed by atoms with Crippen LogP contribution in [0, 0.1) is 0 Å². The van der Waals surface area contributed by atoms with E-state index in [9.17, 15) is 24.7 Å². The maximum absolute atomic E-state index is 12.7. The van der Waals surface area contributed by atoms with Crippen molar-refractivity contribution in [2.45, 2.75) is 11.4 Å². The quantitative estimate of drug-likeness (QED) is 0.137. The number of carboxylic acids is 1. The van der Waals surface area contributed by atoms with Gasteiger partial charge in [0.15, 0.2) is 10.8 Å². The molecule has 11 nitrogen and oxygen atoms in total. The summed E-state index contributed by atoms with van der Waals surface area (Å²) in [6, 6.07) is -0.990. The number of nitrogens with zero attached hydrogens (tertiary/aromatic N) is 4. The predicted molar refractivity (Wildman–Crippen MR) is 128 cm³/mol. The molecule has 33 heavy (non-hydrogen) atoms. The van der Waals surface area contributed by atoms with Crippen molar-refractivity contribution in [3.63, 3.8) is 0 Å². The number of hydrogen-bond acceptors (Lipinski definition) is 11. The van der Waals surface area contributed by atoms with E-state index in [1.165, 1.54) is 28.5 Å². The second-order valence-corrected chi connectivity index (χ2v) is 9.64. The Morgan fingerprint density at radius 1 is 1.36 bits per heavy atom. The van der Waals surface area contributed by atoms with Gasteiger partial charge in [-0.1, -0.05) is 22.8 Å². The fraction of sp³-hybridized carbons (Fsp3) is 0.176. The van der Waals surface area contributed by atoms with Crippen LogP contribution in [0.4, 0.5) is 5.13 Å². The summed E-state index contributed by atoms with van der Waals surface area (Å²) in [7, 11) is 0. The zero-order chi connectivity index (χ0) is 23.0. The zero-order valence-corrected chi connectivity index (χ0v) is 19.0. The number of allylic oxidation sites excluding steroid dienone is 1. The molecule has 4 rings (SSSR count). The van der Waals surface area contributed by atoms with Gasteiger partial charge in [0, 0.05) is 11.1 Å². The number of halogens is 1. The van der Waals surface area contributed by atoms with Gasteiger partial charge in [0.05, 0.1) is 10.4 Å². The molecule has 16 heteroatoms. The molecule has 5 N–H and O–H groups in total. The summed E-state index contributed by atoms with van der Waals surface area (Å²) in [5.41, 5.74) is 7.03. The van der Waals surface area contributed by atoms with Crippen LogP contribution in [-0.4, -0.2) is 95.4 Å². The topological polar surface area (TPSA) is 171 Å². The number of carbonyl (C=O) groups excluding carboxylic acids is 2. The van der Waals surface area contributed by atoms with E-state index < -0.39 is 34.9 Å². The van der Waals surface area contributed by atoms with Crippen LogP contribution >= 0.6 is 46.0 Å². The van der Waals surface area contributed by atoms with Gasteiger partial charge in [-0.05, 0) is 11.6 Å². The number of carbonyl (C=O) groups is 3. The number of rotatable bonds is 6. The molecule has 1 saturated heterocycles. The van der Waals surface area contributed by atoms with Gasteiger partial charge in [0.1, 0.15) is 28.0 Å². The molecule has 2 aliphatic heterocycles. The number of thiazole rings is 2. The van der Waals surface area contributed by atoms with Gasteiger partial charge in [-0.25, -0.2) is 14.8 Å². The number of aliphatic carboxylic acids is 1. The molecule has 1 fully saturated rings. The number of nitrogens with one attached hydrogen (secondary N) is 1. The van der Waals surface area contributed by atoms with E-state index in [1.807, 2.05) is 0 Å². The van der Waals surface area contributed by atoms with E-state index in [2.05, 4.69) is 20.4 Å². The average molecular weight is 537 g/mol. The monoisotopic (exact) mass is 536 g/mol. The van der Waals surface area contributed by atoms with Crippen molar-refractivity contribution in [1.82, 2.24) is 20.2 Å². The molecule has 0 aliphatic carbocycles. The van der Waals surface area contributed by atoms with Gasteiger partial charge >= 0.3 is 35.5 Å². The summed E-state index contributed by atoms with van der Waals surface area (Å²) in [5, 5.41) is 25.7. The number of thioether (sulfide) groups is 1. The average Bonchev–Trinajstić information content (AvgIpc) is 3.37. The second kappa shape index (κ2) is 10.5. The molecule has 4 heterocycles. The van der Waals surface area contributed by atoms with Crippen molar-refractivity contribution < 1.29 is 24.7 Å². The molecule has 2 aromatic heterocycles. The Morgan fingerprint density at radius 3 is 2.70 bits per heavy atom. The first-order chi connectivity index (χ1) is 15.3. The molecule has 1 unspecified atom stereocenters. The van der Waals surface area contributed by atoms with Crippen LogP contribution in [0.15, 0.2) is 33.4 Å². The fourth-order valence-electron chi connectivity index (χ4n) is 3.12. The number of hydrogen-bond donors (Lipinski definition) is 4. The molecule has 0 saturated carbocycles. The summed E-state index contributed by atoms with van der Waals surface area (Å²) in [6.07, 6.45) is 3.24. The van der Waals surface area contributed by atoms with Gasteiger partial charge in [0.2, 0.25) is 0 Å². The summed E-state index contributed by atoms with van der Waals surface area (Å²) < 4.78 is 0. The fourth-order valence-corrected chi connectivity index (χ4v) is 5.85. The standard InChI is InChI=1S/C17H13ClN6O5S3.Na.H/c18-12-8(32-5-20-12)2-1-6-3-30-15-10(14(26)24(15)11(6)16(27)28)22-13(25)9(23-29)7-4-31-17(19)21-7;;/h1-2,4-5,10,15,29H,3H2,(H2,19,21)(H,22,25)(H,27,28);;/b2-1+,23-9+;;/t10?,15-;;/m1../s1. The molecule has 0 radical (unpaired) electrons. The normalized spacial score (nSPS) is 20.3. The summed E-state index contributed by atoms with van der Waals surface area (Å²) in [6.45, 7) is 0. The number of β-lactam (4-membered cyclic amide) rings is 1. The Balaban J connectivity index is 0.00000306. The van der Waals surface area contributed by atoms with Crippen molar-refractivity contribution in [1.29, 1.82) is 0 Å². The number of oxime groups is 1. The predicted octanol–water partition coefficient (Wildman–Crippen LogP) is 0.817. The number of fused-ring (bicyclic) bond motifs is 1. The van der Waals surface area contributed by atoms with Gasteiger partial charge in [0.25, 0.3) is 11.8 Å². The molecule has 0 bridgehead atoms. The SMILES string of the molecule is Nc1nc(/C(=N\O)C(=O)NC2C(=O)N3C(C(=O)O)=C(/C=C/c4scnc4Cl)CS[C@H]23)cs1.[NaH]. The Hall–Kier alpha value is -1.94. The van der Waals surface area contributed by atoms with Gasteiger partial charge in [-0.15, -0.1) is 34.4 Å². The Kier molecular flexibility index (Phi) is 8.21. The first-order valence-corrected chi connectivity index (χ1v) is 11.9. The van der Waals surface area contributed by atoms with Crippen LogP contribution in [0.25, 0.3) is 6.08 Å². The molecule has 0 spiro atoms. The van der Waals surface area contributed by atoms with E-state index in [0.29, 0.717) is 21.4 Å². The number of aromatic nitrogens is 2. The zero-order valence-electron chi connectivity index (χ0n) is 15.8. The van der Waals surface area contributed by atoms with Gasteiger partial charge in [-0.3, -0.25) is 14.5 Å². The van der Waals surface area contributed by atoms with Gasteiger partial charge < -0.3 is 21.4 Å². The van der Waals surface area contributed by atoms with Crippen LogP contribution in [0.5, 0.6) is 0 Å². The van der Waals surface area contributed by atoms with Crippen LogP contribution in [0.1, 0.15) is 10.6 Å². The third-order valence-electron chi connectivity index (χ3n) is 4.55. The molecule has 2 atom stereocenters. The minimum atomic E-state index is -1.26. The molecule has 2 amide bonds. The van der Waals surface area contributed by atoms with E-state index in [4.69, 9.17) is 17.3 Å². The number of nitrogens with two attached hydrogens (primary N) is 1. The van der Waals surface area contributed by atoms with E-state index in [1.54, 1.807) is 17.7 Å². The number of carboxylic acid groups (broad SMARTS) is 1. The molecule has 2 aromatic rings. The van der Waals surface area contributed by atoms with Gasteiger partial charge in [-0.2, -0.15) is 0 Å². The Labute approximate surface area is 225 Å². The number of anilines is 1. The number of amides is 2. The van der Waals surface area contributed by atoms with E-state index in [-0.39, 0.29) is 46.1 Å². The van der Waals surface area contributed by atoms with Crippen LogP contribution in [-0.2, 0) is 14.4 Å². The first kappa shape index (κ1) is 25.7. The van der Waals surface area contributed by atoms with Crippen molar-refractivity contribution in [3.05, 3.63) is 44.0 Å². The van der Waals surface area contributed by atoms with Crippen molar-refractivity contribution in [2.24, 2.45) is 5.16 Å². The van der Waals surface area contributed by atoms with Crippen molar-refractivity contribution >= 4 is 110 Å².